The molecule has 2 atom stereocenters. The predicted molar refractivity (Wildman–Crippen MR) is 49.3 cm³/mol. The molecule has 0 aromatic heterocycles. The Morgan fingerprint density at radius 3 is 2.15 bits per heavy atom. The van der Waals surface area contributed by atoms with E-state index in [0.29, 0.717) is 6.42 Å². The Kier molecular flexibility index (Phi) is 5.11. The summed E-state index contributed by atoms with van der Waals surface area (Å²) in [5.41, 5.74) is 0. The van der Waals surface area contributed by atoms with Crippen molar-refractivity contribution in [2.45, 2.75) is 39.7 Å². The number of carbonyl (C=O) groups is 2. The molecule has 0 fully saturated rings. The van der Waals surface area contributed by atoms with Gasteiger partial charge in [-0.05, 0) is 12.8 Å². The van der Waals surface area contributed by atoms with Crippen molar-refractivity contribution in [1.29, 1.82) is 0 Å². The zero-order chi connectivity index (χ0) is 10.4. The second-order valence-electron chi connectivity index (χ2n) is 3.12. The van der Waals surface area contributed by atoms with Crippen LogP contribution in [0, 0.1) is 5.92 Å². The Hall–Kier alpha value is -1.06. The quantitative estimate of drug-likeness (QED) is 0.675. The van der Waals surface area contributed by atoms with E-state index in [1.807, 2.05) is 6.92 Å². The van der Waals surface area contributed by atoms with Gasteiger partial charge < -0.3 is 10.4 Å². The van der Waals surface area contributed by atoms with Gasteiger partial charge in [0.15, 0.2) is 0 Å². The Morgan fingerprint density at radius 1 is 1.31 bits per heavy atom. The summed E-state index contributed by atoms with van der Waals surface area (Å²) in [5.74, 6) is -1.27. The van der Waals surface area contributed by atoms with E-state index >= 15 is 0 Å². The molecule has 2 unspecified atom stereocenters. The standard InChI is InChI=1S/C9H17NO3/c1-4-6(3)8(11)10-7(5-2)9(12)13/h6-7H,4-5H2,1-3H3,(H,10,11)(H,12,13). The van der Waals surface area contributed by atoms with E-state index in [1.165, 1.54) is 0 Å². The summed E-state index contributed by atoms with van der Waals surface area (Å²) in [6, 6.07) is -0.749. The van der Waals surface area contributed by atoms with Gasteiger partial charge in [-0.2, -0.15) is 0 Å². The maximum atomic E-state index is 11.3. The molecule has 2 N–H and O–H groups in total. The van der Waals surface area contributed by atoms with Crippen molar-refractivity contribution in [2.24, 2.45) is 5.92 Å². The van der Waals surface area contributed by atoms with Crippen LogP contribution in [0.5, 0.6) is 0 Å². The van der Waals surface area contributed by atoms with Crippen LogP contribution in [0.4, 0.5) is 0 Å². The molecular formula is C9H17NO3. The molecule has 13 heavy (non-hydrogen) atoms. The monoisotopic (exact) mass is 187 g/mol. The maximum Gasteiger partial charge on any atom is 0.326 e. The van der Waals surface area contributed by atoms with Crippen molar-refractivity contribution in [2.75, 3.05) is 0 Å². The summed E-state index contributed by atoms with van der Waals surface area (Å²) in [6.07, 6.45) is 1.14. The number of nitrogens with one attached hydrogen (secondary N) is 1. The lowest BCUT2D eigenvalue weighted by molar-refractivity contribution is -0.142. The number of carboxylic acids is 1. The van der Waals surface area contributed by atoms with Gasteiger partial charge in [-0.1, -0.05) is 20.8 Å². The molecule has 1 amide bonds. The third-order valence-electron chi connectivity index (χ3n) is 2.08. The van der Waals surface area contributed by atoms with Crippen LogP contribution in [0.3, 0.4) is 0 Å². The first-order valence-corrected chi connectivity index (χ1v) is 4.56. The van der Waals surface area contributed by atoms with E-state index in [9.17, 15) is 9.59 Å². The first-order chi connectivity index (χ1) is 6.02. The molecule has 0 spiro atoms. The van der Waals surface area contributed by atoms with Gasteiger partial charge in [0.25, 0.3) is 0 Å². The molecule has 0 aliphatic heterocycles. The fourth-order valence-electron chi connectivity index (χ4n) is 0.838. The van der Waals surface area contributed by atoms with Crippen molar-refractivity contribution >= 4 is 11.9 Å². The largest absolute Gasteiger partial charge is 0.480 e. The van der Waals surface area contributed by atoms with Crippen molar-refractivity contribution in [3.63, 3.8) is 0 Å². The molecule has 4 nitrogen and oxygen atoms in total. The maximum absolute atomic E-state index is 11.3. The van der Waals surface area contributed by atoms with Crippen LogP contribution in [0.1, 0.15) is 33.6 Å². The van der Waals surface area contributed by atoms with Crippen LogP contribution in [-0.2, 0) is 9.59 Å². The lowest BCUT2D eigenvalue weighted by Gasteiger charge is -2.15. The van der Waals surface area contributed by atoms with Crippen LogP contribution < -0.4 is 5.32 Å². The number of hydrogen-bond acceptors (Lipinski definition) is 2. The Labute approximate surface area is 78.3 Å². The van der Waals surface area contributed by atoms with E-state index < -0.39 is 12.0 Å². The second-order valence-corrected chi connectivity index (χ2v) is 3.12. The number of rotatable bonds is 5. The lowest BCUT2D eigenvalue weighted by Crippen LogP contribution is -2.42. The van der Waals surface area contributed by atoms with Gasteiger partial charge in [-0.3, -0.25) is 4.79 Å². The highest BCUT2D eigenvalue weighted by Crippen LogP contribution is 2.01. The number of carboxylic acid groups (broad SMARTS) is 1. The highest BCUT2D eigenvalue weighted by atomic mass is 16.4. The summed E-state index contributed by atoms with van der Waals surface area (Å²) in [5, 5.41) is 11.1. The Bertz CT molecular complexity index is 191. The average Bonchev–Trinajstić information content (AvgIpc) is 2.11. The van der Waals surface area contributed by atoms with Crippen LogP contribution in [0.25, 0.3) is 0 Å². The molecule has 0 rings (SSSR count). The molecule has 0 heterocycles. The van der Waals surface area contributed by atoms with Crippen LogP contribution >= 0.6 is 0 Å². The van der Waals surface area contributed by atoms with Gasteiger partial charge in [0.05, 0.1) is 0 Å². The van der Waals surface area contributed by atoms with E-state index in [0.717, 1.165) is 6.42 Å². The van der Waals surface area contributed by atoms with E-state index in [4.69, 9.17) is 5.11 Å². The summed E-state index contributed by atoms with van der Waals surface area (Å²) in [7, 11) is 0. The van der Waals surface area contributed by atoms with Crippen molar-refractivity contribution in [1.82, 2.24) is 5.32 Å². The molecule has 0 saturated carbocycles. The summed E-state index contributed by atoms with van der Waals surface area (Å²) in [4.78, 5) is 21.8. The molecule has 0 aromatic rings. The summed E-state index contributed by atoms with van der Waals surface area (Å²) in [6.45, 7) is 5.41. The Balaban J connectivity index is 4.09. The van der Waals surface area contributed by atoms with Gasteiger partial charge in [0.1, 0.15) is 6.04 Å². The van der Waals surface area contributed by atoms with E-state index in [2.05, 4.69) is 5.32 Å². The van der Waals surface area contributed by atoms with Gasteiger partial charge in [0, 0.05) is 5.92 Å². The fraction of sp³-hybridized carbons (Fsp3) is 0.778. The summed E-state index contributed by atoms with van der Waals surface area (Å²) < 4.78 is 0. The smallest absolute Gasteiger partial charge is 0.326 e. The minimum atomic E-state index is -0.973. The highest BCUT2D eigenvalue weighted by Gasteiger charge is 2.19. The Morgan fingerprint density at radius 2 is 1.85 bits per heavy atom. The molecule has 0 aliphatic rings. The average molecular weight is 187 g/mol. The topological polar surface area (TPSA) is 66.4 Å². The molecule has 0 aromatic carbocycles. The van der Waals surface area contributed by atoms with Crippen molar-refractivity contribution in [3.05, 3.63) is 0 Å². The number of aliphatic carboxylic acids is 1. The van der Waals surface area contributed by atoms with E-state index in [1.54, 1.807) is 13.8 Å². The number of amides is 1. The number of hydrogen-bond donors (Lipinski definition) is 2. The van der Waals surface area contributed by atoms with Crippen LogP contribution in [-0.4, -0.2) is 23.0 Å². The molecule has 0 bridgehead atoms. The van der Waals surface area contributed by atoms with Crippen molar-refractivity contribution in [3.8, 4) is 0 Å². The second kappa shape index (κ2) is 5.56. The zero-order valence-electron chi connectivity index (χ0n) is 8.33. The van der Waals surface area contributed by atoms with Gasteiger partial charge in [-0.25, -0.2) is 4.79 Å². The van der Waals surface area contributed by atoms with Crippen molar-refractivity contribution < 1.29 is 14.7 Å². The molecular weight excluding hydrogens is 170 g/mol. The molecule has 0 aliphatic carbocycles. The first-order valence-electron chi connectivity index (χ1n) is 4.56. The highest BCUT2D eigenvalue weighted by molar-refractivity contribution is 5.84. The SMILES string of the molecule is CCC(C)C(=O)NC(CC)C(=O)O. The van der Waals surface area contributed by atoms with E-state index in [-0.39, 0.29) is 11.8 Å². The van der Waals surface area contributed by atoms with Gasteiger partial charge in [0.2, 0.25) is 5.91 Å². The molecule has 76 valence electrons. The first kappa shape index (κ1) is 11.9. The van der Waals surface area contributed by atoms with Crippen LogP contribution in [0.15, 0.2) is 0 Å². The summed E-state index contributed by atoms with van der Waals surface area (Å²) >= 11 is 0. The third kappa shape index (κ3) is 3.92. The molecule has 0 radical (unpaired) electrons. The minimum Gasteiger partial charge on any atom is -0.480 e. The van der Waals surface area contributed by atoms with Crippen LogP contribution in [0.2, 0.25) is 0 Å². The molecule has 4 heteroatoms. The zero-order valence-corrected chi connectivity index (χ0v) is 8.33. The third-order valence-corrected chi connectivity index (χ3v) is 2.08. The molecule has 0 saturated heterocycles. The van der Waals surface area contributed by atoms with Gasteiger partial charge >= 0.3 is 5.97 Å². The number of carbonyl (C=O) groups excluding carboxylic acids is 1. The fourth-order valence-corrected chi connectivity index (χ4v) is 0.838. The lowest BCUT2D eigenvalue weighted by atomic mass is 10.1. The minimum absolute atomic E-state index is 0.117. The predicted octanol–water partition coefficient (Wildman–Crippen LogP) is 1.01. The van der Waals surface area contributed by atoms with Gasteiger partial charge in [-0.15, -0.1) is 0 Å². The normalized spacial score (nSPS) is 14.7.